The molecule has 0 amide bonds. The van der Waals surface area contributed by atoms with Gasteiger partial charge in [-0.2, -0.15) is 0 Å². The predicted molar refractivity (Wildman–Crippen MR) is 37.2 cm³/mol. The number of hydrogen-bond donors (Lipinski definition) is 2. The maximum absolute atomic E-state index is 10.9. The second-order valence-corrected chi connectivity index (χ2v) is 3.30. The van der Waals surface area contributed by atoms with Gasteiger partial charge in [-0.1, -0.05) is 0 Å². The summed E-state index contributed by atoms with van der Waals surface area (Å²) in [4.78, 5) is 10.9. The van der Waals surface area contributed by atoms with Crippen LogP contribution < -0.4 is 5.32 Å². The molecule has 2 rings (SSSR count). The van der Waals surface area contributed by atoms with Crippen molar-refractivity contribution in [2.24, 2.45) is 11.3 Å². The van der Waals surface area contributed by atoms with Gasteiger partial charge in [0.25, 0.3) is 0 Å². The van der Waals surface area contributed by atoms with Crippen LogP contribution in [0.25, 0.3) is 0 Å². The van der Waals surface area contributed by atoms with Gasteiger partial charge in [-0.15, -0.1) is 0 Å². The molecule has 0 aromatic carbocycles. The van der Waals surface area contributed by atoms with Gasteiger partial charge in [0.05, 0.1) is 13.2 Å². The molecule has 2 saturated heterocycles. The molecule has 2 unspecified atom stereocenters. The molecule has 2 aliphatic heterocycles. The van der Waals surface area contributed by atoms with Crippen molar-refractivity contribution in [3.05, 3.63) is 0 Å². The van der Waals surface area contributed by atoms with Gasteiger partial charge >= 0.3 is 5.97 Å². The fourth-order valence-electron chi connectivity index (χ4n) is 1.89. The molecule has 0 saturated carbocycles. The standard InChI is InChI=1S/C7H11NO3/c9-6(10)7-3-8-1-5(7)2-11-4-7/h5,8H,1-4H2,(H,9,10). The molecule has 2 aliphatic rings. The van der Waals surface area contributed by atoms with Crippen molar-refractivity contribution in [3.8, 4) is 0 Å². The van der Waals surface area contributed by atoms with E-state index in [0.29, 0.717) is 19.8 Å². The Morgan fingerprint density at radius 3 is 3.18 bits per heavy atom. The largest absolute Gasteiger partial charge is 0.481 e. The van der Waals surface area contributed by atoms with Crippen LogP contribution in [0.2, 0.25) is 0 Å². The fourth-order valence-corrected chi connectivity index (χ4v) is 1.89. The molecule has 62 valence electrons. The van der Waals surface area contributed by atoms with Crippen LogP contribution in [0.1, 0.15) is 0 Å². The average Bonchev–Trinajstić information content (AvgIpc) is 2.40. The van der Waals surface area contributed by atoms with Gasteiger partial charge in [-0.25, -0.2) is 0 Å². The number of carbonyl (C=O) groups is 1. The van der Waals surface area contributed by atoms with Gasteiger partial charge in [0.2, 0.25) is 0 Å². The molecular weight excluding hydrogens is 146 g/mol. The number of carboxylic acids is 1. The van der Waals surface area contributed by atoms with Crippen molar-refractivity contribution in [2.45, 2.75) is 0 Å². The Balaban J connectivity index is 2.26. The highest BCUT2D eigenvalue weighted by atomic mass is 16.5. The highest BCUT2D eigenvalue weighted by molar-refractivity contribution is 5.76. The van der Waals surface area contributed by atoms with Crippen LogP contribution in [-0.4, -0.2) is 37.4 Å². The SMILES string of the molecule is O=C(O)C12CNCC1COC2. The molecule has 11 heavy (non-hydrogen) atoms. The van der Waals surface area contributed by atoms with Crippen molar-refractivity contribution in [1.82, 2.24) is 5.32 Å². The minimum atomic E-state index is -0.718. The van der Waals surface area contributed by atoms with Crippen LogP contribution in [0.5, 0.6) is 0 Å². The molecule has 2 fully saturated rings. The fraction of sp³-hybridized carbons (Fsp3) is 0.857. The first-order chi connectivity index (χ1) is 5.26. The third-order valence-electron chi connectivity index (χ3n) is 2.72. The van der Waals surface area contributed by atoms with Gasteiger partial charge in [0, 0.05) is 19.0 Å². The quantitative estimate of drug-likeness (QED) is 0.529. The molecule has 0 bridgehead atoms. The molecule has 0 aliphatic carbocycles. The molecule has 2 N–H and O–H groups in total. The summed E-state index contributed by atoms with van der Waals surface area (Å²) in [5, 5.41) is 12.0. The van der Waals surface area contributed by atoms with E-state index in [1.807, 2.05) is 0 Å². The Labute approximate surface area is 64.5 Å². The minimum Gasteiger partial charge on any atom is -0.481 e. The zero-order valence-corrected chi connectivity index (χ0v) is 6.17. The highest BCUT2D eigenvalue weighted by Crippen LogP contribution is 2.37. The van der Waals surface area contributed by atoms with E-state index in [9.17, 15) is 4.79 Å². The van der Waals surface area contributed by atoms with Gasteiger partial charge in [-0.05, 0) is 0 Å². The Bertz CT molecular complexity index is 182. The molecule has 0 aromatic rings. The van der Waals surface area contributed by atoms with Crippen LogP contribution in [0.15, 0.2) is 0 Å². The zero-order valence-electron chi connectivity index (χ0n) is 6.17. The topological polar surface area (TPSA) is 58.6 Å². The summed E-state index contributed by atoms with van der Waals surface area (Å²) in [5.74, 6) is -0.537. The number of aliphatic carboxylic acids is 1. The summed E-state index contributed by atoms with van der Waals surface area (Å²) >= 11 is 0. The zero-order chi connectivity index (χ0) is 7.90. The number of rotatable bonds is 1. The summed E-state index contributed by atoms with van der Waals surface area (Å²) in [7, 11) is 0. The average molecular weight is 157 g/mol. The Morgan fingerprint density at radius 1 is 1.73 bits per heavy atom. The number of carboxylic acid groups (broad SMARTS) is 1. The lowest BCUT2D eigenvalue weighted by molar-refractivity contribution is -0.149. The van der Waals surface area contributed by atoms with Crippen LogP contribution in [-0.2, 0) is 9.53 Å². The number of hydrogen-bond acceptors (Lipinski definition) is 3. The predicted octanol–water partition coefficient (Wildman–Crippen LogP) is -0.693. The first-order valence-electron chi connectivity index (χ1n) is 3.77. The normalized spacial score (nSPS) is 42.4. The summed E-state index contributed by atoms with van der Waals surface area (Å²) in [6.07, 6.45) is 0. The van der Waals surface area contributed by atoms with E-state index in [0.717, 1.165) is 6.54 Å². The number of ether oxygens (including phenoxy) is 1. The van der Waals surface area contributed by atoms with Crippen molar-refractivity contribution in [3.63, 3.8) is 0 Å². The second-order valence-electron chi connectivity index (χ2n) is 3.30. The molecule has 4 heteroatoms. The smallest absolute Gasteiger partial charge is 0.313 e. The molecule has 0 spiro atoms. The Morgan fingerprint density at radius 2 is 2.55 bits per heavy atom. The summed E-state index contributed by atoms with van der Waals surface area (Å²) in [5.41, 5.74) is -0.611. The molecule has 2 atom stereocenters. The highest BCUT2D eigenvalue weighted by Gasteiger charge is 2.53. The lowest BCUT2D eigenvalue weighted by Gasteiger charge is -2.19. The second kappa shape index (κ2) is 2.19. The van der Waals surface area contributed by atoms with Crippen molar-refractivity contribution < 1.29 is 14.6 Å². The van der Waals surface area contributed by atoms with Crippen LogP contribution in [0, 0.1) is 11.3 Å². The molecular formula is C7H11NO3. The van der Waals surface area contributed by atoms with E-state index in [-0.39, 0.29) is 5.92 Å². The van der Waals surface area contributed by atoms with E-state index in [4.69, 9.17) is 9.84 Å². The first-order valence-corrected chi connectivity index (χ1v) is 3.77. The van der Waals surface area contributed by atoms with E-state index in [1.54, 1.807) is 0 Å². The van der Waals surface area contributed by atoms with E-state index in [1.165, 1.54) is 0 Å². The lowest BCUT2D eigenvalue weighted by atomic mass is 9.81. The molecule has 0 radical (unpaired) electrons. The molecule has 4 nitrogen and oxygen atoms in total. The van der Waals surface area contributed by atoms with Crippen molar-refractivity contribution >= 4 is 5.97 Å². The Hall–Kier alpha value is -0.610. The van der Waals surface area contributed by atoms with E-state index < -0.39 is 11.4 Å². The molecule has 2 heterocycles. The molecule has 0 aromatic heterocycles. The summed E-state index contributed by atoms with van der Waals surface area (Å²) < 4.78 is 5.16. The maximum Gasteiger partial charge on any atom is 0.313 e. The third-order valence-corrected chi connectivity index (χ3v) is 2.72. The van der Waals surface area contributed by atoms with Crippen LogP contribution >= 0.6 is 0 Å². The van der Waals surface area contributed by atoms with E-state index in [2.05, 4.69) is 5.32 Å². The van der Waals surface area contributed by atoms with Crippen molar-refractivity contribution in [2.75, 3.05) is 26.3 Å². The summed E-state index contributed by atoms with van der Waals surface area (Å²) in [6, 6.07) is 0. The van der Waals surface area contributed by atoms with Gasteiger partial charge < -0.3 is 15.2 Å². The van der Waals surface area contributed by atoms with Crippen LogP contribution in [0.4, 0.5) is 0 Å². The van der Waals surface area contributed by atoms with Gasteiger partial charge in [0.1, 0.15) is 5.41 Å². The number of fused-ring (bicyclic) bond motifs is 1. The lowest BCUT2D eigenvalue weighted by Crippen LogP contribution is -2.38. The Kier molecular flexibility index (Phi) is 1.40. The maximum atomic E-state index is 10.9. The van der Waals surface area contributed by atoms with Crippen LogP contribution in [0.3, 0.4) is 0 Å². The van der Waals surface area contributed by atoms with Gasteiger partial charge in [-0.3, -0.25) is 4.79 Å². The monoisotopic (exact) mass is 157 g/mol. The van der Waals surface area contributed by atoms with Gasteiger partial charge in [0.15, 0.2) is 0 Å². The minimum absolute atomic E-state index is 0.181. The first kappa shape index (κ1) is 7.06. The van der Waals surface area contributed by atoms with E-state index >= 15 is 0 Å². The number of nitrogens with one attached hydrogen (secondary N) is 1. The third kappa shape index (κ3) is 0.795. The summed E-state index contributed by atoms with van der Waals surface area (Å²) in [6.45, 7) is 2.32. The van der Waals surface area contributed by atoms with Crippen molar-refractivity contribution in [1.29, 1.82) is 0 Å².